The average Bonchev–Trinajstić information content (AvgIpc) is 1.85. The zero-order chi connectivity index (χ0) is 8.74. The number of hydrogen-bond acceptors (Lipinski definition) is 0. The van der Waals surface area contributed by atoms with Crippen LogP contribution in [0.4, 0.5) is 0 Å². The lowest BCUT2D eigenvalue weighted by Gasteiger charge is -2.14. The molecule has 0 aliphatic heterocycles. The van der Waals surface area contributed by atoms with Crippen LogP contribution in [0.5, 0.6) is 0 Å². The molecule has 0 spiro atoms. The Morgan fingerprint density at radius 1 is 1.09 bits per heavy atom. The molecule has 0 nitrogen and oxygen atoms in total. The Balaban J connectivity index is 3.02. The molecular weight excluding hydrogens is 160 g/mol. The summed E-state index contributed by atoms with van der Waals surface area (Å²) >= 11 is 0.349. The molecule has 0 radical (unpaired) electrons. The maximum absolute atomic E-state index is 2.50. The fourth-order valence-corrected chi connectivity index (χ4v) is 7.21. The average molecular weight is 183 g/mol. The van der Waals surface area contributed by atoms with Crippen molar-refractivity contribution in [3.8, 4) is 0 Å². The maximum atomic E-state index is 2.50. The summed E-state index contributed by atoms with van der Waals surface area (Å²) in [5.41, 5.74) is 0. The minimum atomic E-state index is -0.656. The molecule has 64 valence electrons. The van der Waals surface area contributed by atoms with Crippen LogP contribution < -0.4 is 0 Å². The van der Waals surface area contributed by atoms with Crippen molar-refractivity contribution >= 4 is 28.4 Å². The summed E-state index contributed by atoms with van der Waals surface area (Å²) in [5, 5.41) is 0. The van der Waals surface area contributed by atoms with Crippen LogP contribution in [-0.4, -0.2) is 28.4 Å². The van der Waals surface area contributed by atoms with E-state index in [1.54, 1.807) is 8.72 Å². The van der Waals surface area contributed by atoms with Gasteiger partial charge in [0.1, 0.15) is 0 Å². The van der Waals surface area contributed by atoms with Crippen LogP contribution in [0.15, 0.2) is 0 Å². The molecule has 0 amide bonds. The van der Waals surface area contributed by atoms with E-state index in [1.807, 2.05) is 0 Å². The Morgan fingerprint density at radius 2 is 1.73 bits per heavy atom. The van der Waals surface area contributed by atoms with E-state index >= 15 is 0 Å². The molecule has 2 heteroatoms. The maximum Gasteiger partial charge on any atom is 0.361 e. The Morgan fingerprint density at radius 3 is 2.18 bits per heavy atom. The van der Waals surface area contributed by atoms with Crippen LogP contribution in [0.3, 0.4) is 0 Å². The predicted octanol–water partition coefficient (Wildman–Crippen LogP) is 3.59. The lowest BCUT2D eigenvalue weighted by molar-refractivity contribution is 0.768. The van der Waals surface area contributed by atoms with Crippen LogP contribution in [0.1, 0.15) is 26.2 Å². The lowest BCUT2D eigenvalue weighted by atomic mass is 10.3. The first-order chi connectivity index (χ1) is 5.06. The van der Waals surface area contributed by atoms with Gasteiger partial charge < -0.3 is 0 Å². The van der Waals surface area contributed by atoms with E-state index in [0.717, 1.165) is 0 Å². The standard InChI is InChI=1S/C5H11.C4H11Si.Mg/c1-3-5-4-2;1-5(2,3)4;/h1,3-5H2,2H3;1H2,2-4H3;. The van der Waals surface area contributed by atoms with E-state index in [2.05, 4.69) is 26.6 Å². The van der Waals surface area contributed by atoms with Crippen molar-refractivity contribution in [1.82, 2.24) is 0 Å². The van der Waals surface area contributed by atoms with Gasteiger partial charge in [0.05, 0.1) is 0 Å². The molecule has 0 fully saturated rings. The summed E-state index contributed by atoms with van der Waals surface area (Å²) in [6.07, 6.45) is 4.38. The molecule has 0 rings (SSSR count). The van der Waals surface area contributed by atoms with Crippen molar-refractivity contribution in [3.05, 3.63) is 0 Å². The summed E-state index contributed by atoms with van der Waals surface area (Å²) in [6, 6.07) is 0. The number of rotatable bonds is 6. The molecule has 0 saturated heterocycles. The van der Waals surface area contributed by atoms with E-state index in [4.69, 9.17) is 0 Å². The van der Waals surface area contributed by atoms with E-state index in [0.29, 0.717) is 20.4 Å². The van der Waals surface area contributed by atoms with Gasteiger partial charge in [0.15, 0.2) is 0 Å². The van der Waals surface area contributed by atoms with Crippen LogP contribution in [-0.2, 0) is 0 Å². The highest BCUT2D eigenvalue weighted by atomic mass is 28.3. The fraction of sp³-hybridized carbons (Fsp3) is 1.00. The molecule has 0 atom stereocenters. The third-order valence-corrected chi connectivity index (χ3v) is 10.4. The third kappa shape index (κ3) is 11.0. The molecule has 11 heavy (non-hydrogen) atoms. The van der Waals surface area contributed by atoms with Gasteiger partial charge in [0.25, 0.3) is 0 Å². The first-order valence-corrected chi connectivity index (χ1v) is 10.8. The van der Waals surface area contributed by atoms with Gasteiger partial charge in [-0.25, -0.2) is 0 Å². The highest BCUT2D eigenvalue weighted by Gasteiger charge is 2.12. The van der Waals surface area contributed by atoms with Gasteiger partial charge in [-0.1, -0.05) is 45.8 Å². The summed E-state index contributed by atoms with van der Waals surface area (Å²) in [6.45, 7) is 9.79. The summed E-state index contributed by atoms with van der Waals surface area (Å²) in [7, 11) is -0.656. The van der Waals surface area contributed by atoms with E-state index in [-0.39, 0.29) is 0 Å². The normalized spacial score (nSPS) is 11.3. The fourth-order valence-electron chi connectivity index (χ4n) is 1.26. The van der Waals surface area contributed by atoms with Gasteiger partial charge in [0.2, 0.25) is 0 Å². The quantitative estimate of drug-likeness (QED) is 0.435. The van der Waals surface area contributed by atoms with Crippen LogP contribution in [0.2, 0.25) is 28.4 Å². The van der Waals surface area contributed by atoms with Crippen molar-refractivity contribution in [2.75, 3.05) is 0 Å². The molecule has 0 unspecified atom stereocenters. The second-order valence-electron chi connectivity index (χ2n) is 4.72. The second kappa shape index (κ2) is 6.49. The predicted molar refractivity (Wildman–Crippen MR) is 58.2 cm³/mol. The van der Waals surface area contributed by atoms with E-state index in [9.17, 15) is 0 Å². The Bertz CT molecular complexity index is 86.1. The topological polar surface area (TPSA) is 0 Å². The second-order valence-corrected chi connectivity index (χ2v) is 13.3. The largest absolute Gasteiger partial charge is 0.361 e. The Hall–Kier alpha value is 0.983. The Labute approximate surface area is 82.9 Å². The van der Waals surface area contributed by atoms with Crippen LogP contribution >= 0.6 is 0 Å². The van der Waals surface area contributed by atoms with Gasteiger partial charge in [-0.05, 0) is 0 Å². The third-order valence-electron chi connectivity index (χ3n) is 2.03. The van der Waals surface area contributed by atoms with Gasteiger partial charge >= 0.3 is 20.4 Å². The monoisotopic (exact) mass is 182 g/mol. The van der Waals surface area contributed by atoms with Gasteiger partial charge in [-0.15, -0.1) is 8.72 Å². The molecular formula is C9H22MgSi. The molecule has 0 aromatic heterocycles. The van der Waals surface area contributed by atoms with E-state index < -0.39 is 8.07 Å². The first-order valence-electron chi connectivity index (χ1n) is 5.06. The number of hydrogen-bond donors (Lipinski definition) is 0. The summed E-state index contributed by atoms with van der Waals surface area (Å²) in [5.74, 6) is 0. The van der Waals surface area contributed by atoms with Crippen LogP contribution in [0.25, 0.3) is 0 Å². The van der Waals surface area contributed by atoms with Crippen LogP contribution in [0, 0.1) is 0 Å². The first kappa shape index (κ1) is 12.0. The zero-order valence-corrected chi connectivity index (χ0v) is 11.2. The van der Waals surface area contributed by atoms with Crippen molar-refractivity contribution in [1.29, 1.82) is 0 Å². The van der Waals surface area contributed by atoms with E-state index in [1.165, 1.54) is 19.3 Å². The van der Waals surface area contributed by atoms with Crippen molar-refractivity contribution in [2.24, 2.45) is 0 Å². The zero-order valence-electron chi connectivity index (χ0n) is 8.74. The Kier molecular flexibility index (Phi) is 7.07. The summed E-state index contributed by atoms with van der Waals surface area (Å²) < 4.78 is 3.27. The van der Waals surface area contributed by atoms with Gasteiger partial charge in [-0.2, -0.15) is 0 Å². The van der Waals surface area contributed by atoms with Crippen molar-refractivity contribution in [2.45, 2.75) is 54.6 Å². The molecule has 0 aromatic rings. The molecule has 0 N–H and O–H groups in total. The molecule has 0 heterocycles. The summed E-state index contributed by atoms with van der Waals surface area (Å²) in [4.78, 5) is 0. The minimum absolute atomic E-state index is 0.349. The molecule has 0 aliphatic carbocycles. The van der Waals surface area contributed by atoms with Crippen molar-refractivity contribution in [3.63, 3.8) is 0 Å². The molecule has 0 aliphatic rings. The SMILES string of the molecule is CCCC[CH2][Mg][CH2][Si](C)(C)C. The molecule has 0 aromatic carbocycles. The highest BCUT2D eigenvalue weighted by molar-refractivity contribution is 6.83. The molecule has 0 saturated carbocycles. The van der Waals surface area contributed by atoms with Gasteiger partial charge in [0, 0.05) is 8.07 Å². The highest BCUT2D eigenvalue weighted by Crippen LogP contribution is 2.09. The van der Waals surface area contributed by atoms with Gasteiger partial charge in [-0.3, -0.25) is 0 Å². The van der Waals surface area contributed by atoms with Crippen molar-refractivity contribution < 1.29 is 0 Å². The smallest absolute Gasteiger partial charge is 0.150 e. The minimum Gasteiger partial charge on any atom is -0.150 e. The lowest BCUT2D eigenvalue weighted by Crippen LogP contribution is -2.21. The number of unbranched alkanes of at least 4 members (excludes halogenated alkanes) is 2. The molecule has 0 bridgehead atoms.